The first-order valence-corrected chi connectivity index (χ1v) is 8.72. The highest BCUT2D eigenvalue weighted by atomic mass is 32.1. The first-order chi connectivity index (χ1) is 12.6. The van der Waals surface area contributed by atoms with E-state index in [1.807, 2.05) is 0 Å². The van der Waals surface area contributed by atoms with Crippen LogP contribution in [0.4, 0.5) is 15.8 Å². The van der Waals surface area contributed by atoms with Gasteiger partial charge in [0.25, 0.3) is 0 Å². The number of carbonyl (C=O) groups is 1. The molecule has 0 unspecified atom stereocenters. The molecule has 1 saturated heterocycles. The Morgan fingerprint density at radius 2 is 1.65 bits per heavy atom. The van der Waals surface area contributed by atoms with Crippen molar-refractivity contribution < 1.29 is 13.9 Å². The van der Waals surface area contributed by atoms with E-state index in [9.17, 15) is 9.18 Å². The van der Waals surface area contributed by atoms with Crippen LogP contribution < -0.4 is 10.2 Å². The molecule has 0 aliphatic carbocycles. The first kappa shape index (κ1) is 18.1. The second-order valence-electron chi connectivity index (χ2n) is 5.95. The number of piperazine rings is 1. The van der Waals surface area contributed by atoms with Gasteiger partial charge < -0.3 is 19.9 Å². The third-order valence-electron chi connectivity index (χ3n) is 4.32. The number of esters is 1. The number of rotatable bonds is 3. The molecule has 0 saturated carbocycles. The van der Waals surface area contributed by atoms with Crippen LogP contribution in [0, 0.1) is 5.82 Å². The average Bonchev–Trinajstić information content (AvgIpc) is 2.68. The van der Waals surface area contributed by atoms with Crippen LogP contribution in [0.2, 0.25) is 0 Å². The monoisotopic (exact) mass is 373 g/mol. The Morgan fingerprint density at radius 1 is 1.04 bits per heavy atom. The minimum absolute atomic E-state index is 0.226. The molecule has 1 aliphatic heterocycles. The number of nitrogens with zero attached hydrogens (tertiary/aromatic N) is 2. The number of hydrogen-bond donors (Lipinski definition) is 1. The third kappa shape index (κ3) is 4.29. The molecule has 7 heteroatoms. The lowest BCUT2D eigenvalue weighted by atomic mass is 10.2. The summed E-state index contributed by atoms with van der Waals surface area (Å²) in [6.07, 6.45) is 0. The lowest BCUT2D eigenvalue weighted by Gasteiger charge is -2.37. The molecule has 0 atom stereocenters. The zero-order valence-corrected chi connectivity index (χ0v) is 15.3. The summed E-state index contributed by atoms with van der Waals surface area (Å²) in [6.45, 7) is 3.19. The highest BCUT2D eigenvalue weighted by molar-refractivity contribution is 7.80. The van der Waals surface area contributed by atoms with Crippen LogP contribution in [0.25, 0.3) is 0 Å². The molecular weight excluding hydrogens is 353 g/mol. The number of carbonyl (C=O) groups excluding carboxylic acids is 1. The maximum Gasteiger partial charge on any atom is 0.337 e. The fraction of sp³-hybridized carbons (Fsp3) is 0.263. The lowest BCUT2D eigenvalue weighted by Crippen LogP contribution is -2.50. The van der Waals surface area contributed by atoms with Crippen molar-refractivity contribution >= 4 is 34.7 Å². The number of hydrogen-bond acceptors (Lipinski definition) is 4. The molecule has 0 bridgehead atoms. The Kier molecular flexibility index (Phi) is 5.68. The highest BCUT2D eigenvalue weighted by Gasteiger charge is 2.19. The van der Waals surface area contributed by atoms with Crippen LogP contribution >= 0.6 is 12.2 Å². The molecule has 0 aromatic heterocycles. The van der Waals surface area contributed by atoms with E-state index >= 15 is 0 Å². The molecule has 0 amide bonds. The van der Waals surface area contributed by atoms with Crippen LogP contribution in [0.5, 0.6) is 0 Å². The predicted molar refractivity (Wildman–Crippen MR) is 104 cm³/mol. The van der Waals surface area contributed by atoms with Gasteiger partial charge in [-0.3, -0.25) is 0 Å². The molecule has 136 valence electrons. The Hall–Kier alpha value is -2.67. The third-order valence-corrected chi connectivity index (χ3v) is 4.68. The van der Waals surface area contributed by atoms with Crippen molar-refractivity contribution in [3.05, 3.63) is 59.9 Å². The van der Waals surface area contributed by atoms with Gasteiger partial charge in [0.05, 0.1) is 12.7 Å². The molecule has 2 aromatic carbocycles. The van der Waals surface area contributed by atoms with Gasteiger partial charge >= 0.3 is 5.97 Å². The maximum absolute atomic E-state index is 13.0. The molecule has 3 rings (SSSR count). The number of halogens is 1. The molecule has 0 radical (unpaired) electrons. The first-order valence-electron chi connectivity index (χ1n) is 8.31. The number of thiocarbonyl (C=S) groups is 1. The molecule has 1 aliphatic rings. The summed E-state index contributed by atoms with van der Waals surface area (Å²) in [7, 11) is 1.36. The van der Waals surface area contributed by atoms with Gasteiger partial charge in [-0.2, -0.15) is 0 Å². The van der Waals surface area contributed by atoms with E-state index in [1.165, 1.54) is 19.2 Å². The van der Waals surface area contributed by atoms with Crippen LogP contribution in [-0.2, 0) is 4.74 Å². The number of nitrogens with one attached hydrogen (secondary N) is 1. The summed E-state index contributed by atoms with van der Waals surface area (Å²) < 4.78 is 17.7. The number of anilines is 2. The average molecular weight is 373 g/mol. The fourth-order valence-electron chi connectivity index (χ4n) is 2.83. The molecule has 2 aromatic rings. The van der Waals surface area contributed by atoms with E-state index in [0.29, 0.717) is 10.7 Å². The summed E-state index contributed by atoms with van der Waals surface area (Å²) in [5, 5.41) is 3.84. The molecule has 0 spiro atoms. The fourth-order valence-corrected chi connectivity index (χ4v) is 3.13. The van der Waals surface area contributed by atoms with Gasteiger partial charge in [0, 0.05) is 37.6 Å². The standard InChI is InChI=1S/C19H20FN3O2S/c1-25-18(24)14-2-6-16(7-3-14)21-19(26)23-12-10-22(11-13-23)17-8-4-15(20)5-9-17/h2-9H,10-13H2,1H3,(H,21,26). The Labute approximate surface area is 157 Å². The lowest BCUT2D eigenvalue weighted by molar-refractivity contribution is 0.0601. The van der Waals surface area contributed by atoms with Crippen molar-refractivity contribution in [1.82, 2.24) is 4.90 Å². The molecule has 5 nitrogen and oxygen atoms in total. The summed E-state index contributed by atoms with van der Waals surface area (Å²) in [5.41, 5.74) is 2.34. The normalized spacial score (nSPS) is 14.1. The van der Waals surface area contributed by atoms with Gasteiger partial charge in [0.1, 0.15) is 5.82 Å². The van der Waals surface area contributed by atoms with Crippen LogP contribution in [-0.4, -0.2) is 49.3 Å². The van der Waals surface area contributed by atoms with Crippen LogP contribution in [0.15, 0.2) is 48.5 Å². The van der Waals surface area contributed by atoms with Gasteiger partial charge in [0.2, 0.25) is 0 Å². The van der Waals surface area contributed by atoms with E-state index in [1.54, 1.807) is 36.4 Å². The van der Waals surface area contributed by atoms with Crippen LogP contribution in [0.1, 0.15) is 10.4 Å². The highest BCUT2D eigenvalue weighted by Crippen LogP contribution is 2.18. The number of benzene rings is 2. The Balaban J connectivity index is 1.53. The van der Waals surface area contributed by atoms with E-state index in [-0.39, 0.29) is 11.8 Å². The number of methoxy groups -OCH3 is 1. The Morgan fingerprint density at radius 3 is 2.23 bits per heavy atom. The molecule has 1 fully saturated rings. The molecular formula is C19H20FN3O2S. The van der Waals surface area contributed by atoms with Gasteiger partial charge in [-0.1, -0.05) is 0 Å². The van der Waals surface area contributed by atoms with Gasteiger partial charge in [-0.25, -0.2) is 9.18 Å². The van der Waals surface area contributed by atoms with Crippen molar-refractivity contribution in [3.8, 4) is 0 Å². The SMILES string of the molecule is COC(=O)c1ccc(NC(=S)N2CCN(c3ccc(F)cc3)CC2)cc1. The van der Waals surface area contributed by atoms with Gasteiger partial charge in [-0.15, -0.1) is 0 Å². The van der Waals surface area contributed by atoms with Crippen molar-refractivity contribution in [2.45, 2.75) is 0 Å². The van der Waals surface area contributed by atoms with E-state index < -0.39 is 0 Å². The van der Waals surface area contributed by atoms with E-state index in [2.05, 4.69) is 19.9 Å². The Bertz CT molecular complexity index is 772. The zero-order chi connectivity index (χ0) is 18.5. The zero-order valence-electron chi connectivity index (χ0n) is 14.4. The van der Waals surface area contributed by atoms with E-state index in [0.717, 1.165) is 37.6 Å². The maximum atomic E-state index is 13.0. The van der Waals surface area contributed by atoms with Crippen molar-refractivity contribution in [1.29, 1.82) is 0 Å². The summed E-state index contributed by atoms with van der Waals surface area (Å²) in [6, 6.07) is 13.5. The summed E-state index contributed by atoms with van der Waals surface area (Å²) in [5.74, 6) is -0.591. The molecule has 26 heavy (non-hydrogen) atoms. The van der Waals surface area contributed by atoms with Gasteiger partial charge in [0.15, 0.2) is 5.11 Å². The molecule has 1 heterocycles. The van der Waals surface area contributed by atoms with Crippen LogP contribution in [0.3, 0.4) is 0 Å². The quantitative estimate of drug-likeness (QED) is 0.659. The van der Waals surface area contributed by atoms with E-state index in [4.69, 9.17) is 12.2 Å². The predicted octanol–water partition coefficient (Wildman–Crippen LogP) is 3.13. The minimum atomic E-state index is -0.365. The second kappa shape index (κ2) is 8.14. The van der Waals surface area contributed by atoms with Gasteiger partial charge in [-0.05, 0) is 60.7 Å². The minimum Gasteiger partial charge on any atom is -0.465 e. The van der Waals surface area contributed by atoms with Crippen molar-refractivity contribution in [2.75, 3.05) is 43.5 Å². The summed E-state index contributed by atoms with van der Waals surface area (Å²) >= 11 is 5.49. The largest absolute Gasteiger partial charge is 0.465 e. The topological polar surface area (TPSA) is 44.8 Å². The number of ether oxygens (including phenoxy) is 1. The van der Waals surface area contributed by atoms with Crippen molar-refractivity contribution in [3.63, 3.8) is 0 Å². The second-order valence-corrected chi connectivity index (χ2v) is 6.34. The smallest absolute Gasteiger partial charge is 0.337 e. The molecule has 1 N–H and O–H groups in total. The van der Waals surface area contributed by atoms with Crippen molar-refractivity contribution in [2.24, 2.45) is 0 Å². The summed E-state index contributed by atoms with van der Waals surface area (Å²) in [4.78, 5) is 15.8.